The van der Waals surface area contributed by atoms with Crippen LogP contribution in [0.3, 0.4) is 0 Å². The van der Waals surface area contributed by atoms with Crippen LogP contribution in [0.25, 0.3) is 0 Å². The molecule has 1 fully saturated rings. The Balaban J connectivity index is 2.02. The number of carbonyl (C=O) groups excluding carboxylic acids is 1. The van der Waals surface area contributed by atoms with Crippen molar-refractivity contribution in [2.45, 2.75) is 33.1 Å². The Bertz CT molecular complexity index is 436. The van der Waals surface area contributed by atoms with Crippen LogP contribution >= 0.6 is 0 Å². The molecule has 1 aromatic rings. The summed E-state index contributed by atoms with van der Waals surface area (Å²) in [4.78, 5) is 12.6. The third-order valence-corrected chi connectivity index (χ3v) is 3.88. The highest BCUT2D eigenvalue weighted by atomic mass is 16.5. The summed E-state index contributed by atoms with van der Waals surface area (Å²) < 4.78 is 5.40. The summed E-state index contributed by atoms with van der Waals surface area (Å²) in [5.41, 5.74) is 0.591. The number of nitrogens with one attached hydrogen (secondary N) is 2. The van der Waals surface area contributed by atoms with Crippen LogP contribution < -0.4 is 15.4 Å². The van der Waals surface area contributed by atoms with E-state index in [1.54, 1.807) is 0 Å². The first-order valence-corrected chi connectivity index (χ1v) is 7.45. The minimum atomic E-state index is -0.243. The number of benzene rings is 1. The number of carbonyl (C=O) groups is 1. The lowest BCUT2D eigenvalue weighted by Crippen LogP contribution is -2.38. The Morgan fingerprint density at radius 3 is 2.65 bits per heavy atom. The van der Waals surface area contributed by atoms with Gasteiger partial charge in [0.25, 0.3) is 0 Å². The van der Waals surface area contributed by atoms with Gasteiger partial charge in [0.1, 0.15) is 5.75 Å². The predicted molar refractivity (Wildman–Crippen MR) is 81.1 cm³/mol. The molecule has 1 atom stereocenters. The Labute approximate surface area is 120 Å². The third-order valence-electron chi connectivity index (χ3n) is 3.88. The van der Waals surface area contributed by atoms with Gasteiger partial charge in [-0.1, -0.05) is 13.3 Å². The SMILES string of the molecule is CCCC1(C(=O)Nc2ccc(OCC)cc2)CCNC1. The maximum absolute atomic E-state index is 12.6. The molecule has 2 N–H and O–H groups in total. The number of rotatable bonds is 6. The van der Waals surface area contributed by atoms with E-state index in [2.05, 4.69) is 17.6 Å². The van der Waals surface area contributed by atoms with Gasteiger partial charge in [-0.15, -0.1) is 0 Å². The highest BCUT2D eigenvalue weighted by Crippen LogP contribution is 2.32. The minimum absolute atomic E-state index is 0.133. The van der Waals surface area contributed by atoms with Crippen molar-refractivity contribution in [2.24, 2.45) is 5.41 Å². The van der Waals surface area contributed by atoms with E-state index < -0.39 is 0 Å². The Morgan fingerprint density at radius 1 is 1.35 bits per heavy atom. The molecular formula is C16H24N2O2. The average Bonchev–Trinajstić information content (AvgIpc) is 2.92. The van der Waals surface area contributed by atoms with Crippen molar-refractivity contribution < 1.29 is 9.53 Å². The molecule has 1 unspecified atom stereocenters. The molecule has 0 spiro atoms. The molecule has 1 aromatic carbocycles. The fraction of sp³-hybridized carbons (Fsp3) is 0.562. The molecule has 4 heteroatoms. The third kappa shape index (κ3) is 3.31. The van der Waals surface area contributed by atoms with E-state index in [1.165, 1.54) is 0 Å². The lowest BCUT2D eigenvalue weighted by atomic mass is 9.81. The number of ether oxygens (including phenoxy) is 1. The van der Waals surface area contributed by atoms with Gasteiger partial charge < -0.3 is 15.4 Å². The molecule has 1 heterocycles. The van der Waals surface area contributed by atoms with Crippen LogP contribution in [0.4, 0.5) is 5.69 Å². The van der Waals surface area contributed by atoms with Gasteiger partial charge in [0.2, 0.25) is 5.91 Å². The highest BCUT2D eigenvalue weighted by molar-refractivity contribution is 5.95. The zero-order valence-electron chi connectivity index (χ0n) is 12.4. The molecule has 2 rings (SSSR count). The second-order valence-corrected chi connectivity index (χ2v) is 5.37. The van der Waals surface area contributed by atoms with Crippen molar-refractivity contribution in [2.75, 3.05) is 25.0 Å². The van der Waals surface area contributed by atoms with Gasteiger partial charge in [0, 0.05) is 12.2 Å². The zero-order chi connectivity index (χ0) is 14.4. The monoisotopic (exact) mass is 276 g/mol. The second-order valence-electron chi connectivity index (χ2n) is 5.37. The molecule has 110 valence electrons. The van der Waals surface area contributed by atoms with E-state index in [1.807, 2.05) is 31.2 Å². The summed E-state index contributed by atoms with van der Waals surface area (Å²) in [7, 11) is 0. The van der Waals surface area contributed by atoms with E-state index in [9.17, 15) is 4.79 Å². The molecule has 1 aliphatic rings. The fourth-order valence-electron chi connectivity index (χ4n) is 2.81. The van der Waals surface area contributed by atoms with E-state index >= 15 is 0 Å². The van der Waals surface area contributed by atoms with Crippen molar-refractivity contribution in [3.05, 3.63) is 24.3 Å². The van der Waals surface area contributed by atoms with Crippen LogP contribution in [0.5, 0.6) is 5.75 Å². The number of anilines is 1. The van der Waals surface area contributed by atoms with Crippen LogP contribution in [-0.4, -0.2) is 25.6 Å². The Morgan fingerprint density at radius 2 is 2.10 bits per heavy atom. The van der Waals surface area contributed by atoms with Crippen LogP contribution in [-0.2, 0) is 4.79 Å². The highest BCUT2D eigenvalue weighted by Gasteiger charge is 2.40. The van der Waals surface area contributed by atoms with Gasteiger partial charge in [-0.2, -0.15) is 0 Å². The van der Waals surface area contributed by atoms with Gasteiger partial charge in [0.15, 0.2) is 0 Å². The van der Waals surface area contributed by atoms with Crippen molar-refractivity contribution in [3.8, 4) is 5.75 Å². The van der Waals surface area contributed by atoms with Crippen LogP contribution in [0, 0.1) is 5.41 Å². The summed E-state index contributed by atoms with van der Waals surface area (Å²) in [6, 6.07) is 7.56. The molecule has 20 heavy (non-hydrogen) atoms. The van der Waals surface area contributed by atoms with Crippen LogP contribution in [0.1, 0.15) is 33.1 Å². The molecule has 0 saturated carbocycles. The van der Waals surface area contributed by atoms with E-state index in [-0.39, 0.29) is 11.3 Å². The summed E-state index contributed by atoms with van der Waals surface area (Å²) in [6.07, 6.45) is 2.88. The quantitative estimate of drug-likeness (QED) is 0.840. The molecule has 0 radical (unpaired) electrons. The Hall–Kier alpha value is -1.55. The minimum Gasteiger partial charge on any atom is -0.494 e. The van der Waals surface area contributed by atoms with Crippen molar-refractivity contribution in [3.63, 3.8) is 0 Å². The maximum Gasteiger partial charge on any atom is 0.231 e. The number of amides is 1. The Kier molecular flexibility index (Phi) is 5.01. The van der Waals surface area contributed by atoms with Gasteiger partial charge >= 0.3 is 0 Å². The topological polar surface area (TPSA) is 50.4 Å². The molecule has 1 saturated heterocycles. The summed E-state index contributed by atoms with van der Waals surface area (Å²) in [5, 5.41) is 6.35. The zero-order valence-corrected chi connectivity index (χ0v) is 12.4. The van der Waals surface area contributed by atoms with Crippen molar-refractivity contribution in [1.29, 1.82) is 0 Å². The molecular weight excluding hydrogens is 252 g/mol. The molecule has 0 aromatic heterocycles. The average molecular weight is 276 g/mol. The first-order chi connectivity index (χ1) is 9.70. The number of hydrogen-bond donors (Lipinski definition) is 2. The standard InChI is InChI=1S/C16H24N2O2/c1-3-9-16(10-11-17-12-16)15(19)18-13-5-7-14(8-6-13)20-4-2/h5-8,17H,3-4,9-12H2,1-2H3,(H,18,19). The van der Waals surface area contributed by atoms with Gasteiger partial charge in [-0.05, 0) is 50.6 Å². The van der Waals surface area contributed by atoms with Crippen LogP contribution in [0.15, 0.2) is 24.3 Å². The molecule has 0 bridgehead atoms. The second kappa shape index (κ2) is 6.75. The summed E-state index contributed by atoms with van der Waals surface area (Å²) >= 11 is 0. The first kappa shape index (κ1) is 14.9. The lowest BCUT2D eigenvalue weighted by molar-refractivity contribution is -0.125. The number of hydrogen-bond acceptors (Lipinski definition) is 3. The van der Waals surface area contributed by atoms with E-state index in [0.717, 1.165) is 43.8 Å². The van der Waals surface area contributed by atoms with E-state index in [0.29, 0.717) is 6.61 Å². The van der Waals surface area contributed by atoms with Crippen molar-refractivity contribution in [1.82, 2.24) is 5.32 Å². The summed E-state index contributed by atoms with van der Waals surface area (Å²) in [6.45, 7) is 6.44. The maximum atomic E-state index is 12.6. The molecule has 4 nitrogen and oxygen atoms in total. The van der Waals surface area contributed by atoms with Crippen molar-refractivity contribution >= 4 is 11.6 Å². The molecule has 1 amide bonds. The summed E-state index contributed by atoms with van der Waals surface area (Å²) in [5.74, 6) is 0.963. The van der Waals surface area contributed by atoms with Gasteiger partial charge in [-0.3, -0.25) is 4.79 Å². The van der Waals surface area contributed by atoms with Gasteiger partial charge in [0.05, 0.1) is 12.0 Å². The smallest absolute Gasteiger partial charge is 0.231 e. The molecule has 1 aliphatic heterocycles. The lowest BCUT2D eigenvalue weighted by Gasteiger charge is -2.26. The first-order valence-electron chi connectivity index (χ1n) is 7.45. The van der Waals surface area contributed by atoms with E-state index in [4.69, 9.17) is 4.74 Å². The van der Waals surface area contributed by atoms with Gasteiger partial charge in [-0.25, -0.2) is 0 Å². The normalized spacial score (nSPS) is 21.7. The molecule has 0 aliphatic carbocycles. The van der Waals surface area contributed by atoms with Crippen LogP contribution in [0.2, 0.25) is 0 Å². The fourth-order valence-corrected chi connectivity index (χ4v) is 2.81. The predicted octanol–water partition coefficient (Wildman–Crippen LogP) is 2.80. The largest absolute Gasteiger partial charge is 0.494 e.